The Labute approximate surface area is 165 Å². The Hall–Kier alpha value is -1.96. The molecule has 2 aliphatic heterocycles. The van der Waals surface area contributed by atoms with E-state index in [4.69, 9.17) is 4.74 Å². The molecular formula is C21H25FN2O3S. The van der Waals surface area contributed by atoms with Crippen molar-refractivity contribution >= 4 is 10.0 Å². The minimum absolute atomic E-state index is 0.244. The van der Waals surface area contributed by atoms with Crippen molar-refractivity contribution in [2.45, 2.75) is 31.5 Å². The molecule has 150 valence electrons. The molecule has 28 heavy (non-hydrogen) atoms. The van der Waals surface area contributed by atoms with Crippen LogP contribution >= 0.6 is 0 Å². The van der Waals surface area contributed by atoms with E-state index in [9.17, 15) is 12.8 Å². The second kappa shape index (κ2) is 7.46. The number of nitrogens with zero attached hydrogens (tertiary/aromatic N) is 2. The lowest BCUT2D eigenvalue weighted by atomic mass is 9.92. The fraction of sp³-hybridized carbons (Fsp3) is 0.429. The van der Waals surface area contributed by atoms with Crippen LogP contribution in [0.5, 0.6) is 5.75 Å². The smallest absolute Gasteiger partial charge is 0.211 e. The molecule has 0 N–H and O–H groups in total. The molecule has 1 saturated heterocycles. The summed E-state index contributed by atoms with van der Waals surface area (Å²) in [6, 6.07) is 14.2. The summed E-state index contributed by atoms with van der Waals surface area (Å²) in [5.74, 6) is 0.517. The van der Waals surface area contributed by atoms with Crippen molar-refractivity contribution in [3.63, 3.8) is 0 Å². The van der Waals surface area contributed by atoms with Crippen LogP contribution < -0.4 is 4.74 Å². The van der Waals surface area contributed by atoms with Gasteiger partial charge in [0.2, 0.25) is 10.0 Å². The zero-order valence-electron chi connectivity index (χ0n) is 16.0. The first-order chi connectivity index (χ1) is 13.3. The van der Waals surface area contributed by atoms with Gasteiger partial charge in [-0.2, -0.15) is 4.31 Å². The van der Waals surface area contributed by atoms with Crippen LogP contribution in [0.15, 0.2) is 48.5 Å². The highest BCUT2D eigenvalue weighted by Gasteiger charge is 2.43. The summed E-state index contributed by atoms with van der Waals surface area (Å²) in [5, 5.41) is 0. The van der Waals surface area contributed by atoms with Gasteiger partial charge in [-0.15, -0.1) is 0 Å². The van der Waals surface area contributed by atoms with Gasteiger partial charge in [-0.3, -0.25) is 4.90 Å². The maximum Gasteiger partial charge on any atom is 0.211 e. The van der Waals surface area contributed by atoms with Gasteiger partial charge in [-0.1, -0.05) is 30.3 Å². The van der Waals surface area contributed by atoms with Gasteiger partial charge >= 0.3 is 0 Å². The molecule has 2 aromatic rings. The third kappa shape index (κ3) is 4.21. The van der Waals surface area contributed by atoms with Crippen LogP contribution in [0.1, 0.15) is 24.0 Å². The zero-order valence-corrected chi connectivity index (χ0v) is 16.8. The molecule has 2 heterocycles. The Morgan fingerprint density at radius 2 is 1.86 bits per heavy atom. The number of hydrogen-bond acceptors (Lipinski definition) is 4. The topological polar surface area (TPSA) is 49.9 Å². The molecule has 0 radical (unpaired) electrons. The molecule has 2 aliphatic rings. The Kier molecular flexibility index (Phi) is 5.16. The molecule has 0 aromatic heterocycles. The summed E-state index contributed by atoms with van der Waals surface area (Å²) in [5.41, 5.74) is 1.33. The first-order valence-corrected chi connectivity index (χ1v) is 11.4. The van der Waals surface area contributed by atoms with E-state index in [2.05, 4.69) is 4.90 Å². The summed E-state index contributed by atoms with van der Waals surface area (Å²) >= 11 is 0. The molecular weight excluding hydrogens is 379 g/mol. The summed E-state index contributed by atoms with van der Waals surface area (Å²) in [6.45, 7) is 2.88. The van der Waals surface area contributed by atoms with E-state index in [1.54, 1.807) is 12.1 Å². The Bertz CT molecular complexity index is 948. The number of para-hydroxylation sites is 1. The third-order valence-electron chi connectivity index (χ3n) is 5.52. The number of sulfonamides is 1. The van der Waals surface area contributed by atoms with Crippen LogP contribution in [0.3, 0.4) is 0 Å². The van der Waals surface area contributed by atoms with Crippen molar-refractivity contribution in [1.82, 2.24) is 9.21 Å². The van der Waals surface area contributed by atoms with Crippen LogP contribution in [0.25, 0.3) is 0 Å². The first kappa shape index (κ1) is 19.4. The molecule has 1 atom stereocenters. The van der Waals surface area contributed by atoms with Gasteiger partial charge < -0.3 is 4.74 Å². The van der Waals surface area contributed by atoms with Gasteiger partial charge in [-0.05, 0) is 43.1 Å². The molecule has 1 spiro atoms. The van der Waals surface area contributed by atoms with E-state index in [1.165, 1.54) is 22.7 Å². The maximum absolute atomic E-state index is 13.2. The lowest BCUT2D eigenvalue weighted by Gasteiger charge is -2.43. The Balaban J connectivity index is 1.61. The standard InChI is InChI=1S/C21H25FN2O3S/c1-28(25,26)24-14-18-5-2-3-6-20(18)27-21(16-24)11-4-12-23(15-21)13-17-7-9-19(22)10-8-17/h2-3,5-10H,4,11-16H2,1H3/t21-/m0/s1. The summed E-state index contributed by atoms with van der Waals surface area (Å²) in [7, 11) is -3.36. The van der Waals surface area contributed by atoms with Crippen molar-refractivity contribution in [1.29, 1.82) is 0 Å². The van der Waals surface area contributed by atoms with E-state index in [0.29, 0.717) is 26.2 Å². The largest absolute Gasteiger partial charge is 0.484 e. The minimum atomic E-state index is -3.36. The third-order valence-corrected chi connectivity index (χ3v) is 6.71. The van der Waals surface area contributed by atoms with Crippen molar-refractivity contribution in [3.05, 3.63) is 65.5 Å². The predicted octanol–water partition coefficient (Wildman–Crippen LogP) is 3.01. The fourth-order valence-electron chi connectivity index (χ4n) is 4.19. The normalized spacial score (nSPS) is 23.8. The van der Waals surface area contributed by atoms with Crippen LogP contribution in [0, 0.1) is 5.82 Å². The van der Waals surface area contributed by atoms with E-state index >= 15 is 0 Å². The predicted molar refractivity (Wildman–Crippen MR) is 106 cm³/mol. The van der Waals surface area contributed by atoms with E-state index in [1.807, 2.05) is 24.3 Å². The lowest BCUT2D eigenvalue weighted by Crippen LogP contribution is -2.57. The van der Waals surface area contributed by atoms with Gasteiger partial charge in [0.05, 0.1) is 12.8 Å². The zero-order chi connectivity index (χ0) is 19.8. The molecule has 2 aromatic carbocycles. The monoisotopic (exact) mass is 404 g/mol. The van der Waals surface area contributed by atoms with Crippen LogP contribution in [0.2, 0.25) is 0 Å². The number of likely N-dealkylation sites (tertiary alicyclic amines) is 1. The Morgan fingerprint density at radius 3 is 2.61 bits per heavy atom. The molecule has 0 bridgehead atoms. The quantitative estimate of drug-likeness (QED) is 0.789. The highest BCUT2D eigenvalue weighted by Crippen LogP contribution is 2.35. The highest BCUT2D eigenvalue weighted by molar-refractivity contribution is 7.88. The summed E-state index contributed by atoms with van der Waals surface area (Å²) in [4.78, 5) is 2.27. The van der Waals surface area contributed by atoms with Gasteiger partial charge in [0.1, 0.15) is 17.2 Å². The number of fused-ring (bicyclic) bond motifs is 1. The number of piperidine rings is 1. The van der Waals surface area contributed by atoms with Crippen molar-refractivity contribution in [3.8, 4) is 5.75 Å². The average Bonchev–Trinajstić information content (AvgIpc) is 2.80. The molecule has 0 unspecified atom stereocenters. The summed E-state index contributed by atoms with van der Waals surface area (Å²) < 4.78 is 46.0. The van der Waals surface area contributed by atoms with Crippen LogP contribution in [-0.4, -0.2) is 49.1 Å². The van der Waals surface area contributed by atoms with E-state index in [-0.39, 0.29) is 5.82 Å². The number of ether oxygens (including phenoxy) is 1. The number of benzene rings is 2. The van der Waals surface area contributed by atoms with E-state index < -0.39 is 15.6 Å². The molecule has 4 rings (SSSR count). The van der Waals surface area contributed by atoms with E-state index in [0.717, 1.165) is 36.3 Å². The van der Waals surface area contributed by atoms with Gasteiger partial charge in [0, 0.05) is 25.2 Å². The number of hydrogen-bond donors (Lipinski definition) is 0. The summed E-state index contributed by atoms with van der Waals surface area (Å²) in [6.07, 6.45) is 2.97. The van der Waals surface area contributed by atoms with Gasteiger partial charge in [0.15, 0.2) is 0 Å². The maximum atomic E-state index is 13.2. The van der Waals surface area contributed by atoms with Gasteiger partial charge in [-0.25, -0.2) is 12.8 Å². The molecule has 1 fully saturated rings. The molecule has 0 saturated carbocycles. The molecule has 0 aliphatic carbocycles. The second-order valence-electron chi connectivity index (χ2n) is 7.86. The molecule has 0 amide bonds. The fourth-order valence-corrected chi connectivity index (χ4v) is 5.03. The Morgan fingerprint density at radius 1 is 1.11 bits per heavy atom. The van der Waals surface area contributed by atoms with Crippen molar-refractivity contribution in [2.24, 2.45) is 0 Å². The van der Waals surface area contributed by atoms with Gasteiger partial charge in [0.25, 0.3) is 0 Å². The SMILES string of the molecule is CS(=O)(=O)N1Cc2ccccc2O[C@]2(CCCN(Cc3ccc(F)cc3)C2)C1. The second-order valence-corrected chi connectivity index (χ2v) is 9.85. The highest BCUT2D eigenvalue weighted by atomic mass is 32.2. The van der Waals surface area contributed by atoms with Crippen LogP contribution in [-0.2, 0) is 23.1 Å². The molecule has 7 heteroatoms. The van der Waals surface area contributed by atoms with Crippen molar-refractivity contribution < 1.29 is 17.5 Å². The average molecular weight is 405 g/mol. The minimum Gasteiger partial charge on any atom is -0.484 e. The number of rotatable bonds is 3. The first-order valence-electron chi connectivity index (χ1n) is 9.52. The van der Waals surface area contributed by atoms with Crippen molar-refractivity contribution in [2.75, 3.05) is 25.9 Å². The lowest BCUT2D eigenvalue weighted by molar-refractivity contribution is -0.0179. The van der Waals surface area contributed by atoms with Crippen LogP contribution in [0.4, 0.5) is 4.39 Å². The number of halogens is 1. The molecule has 5 nitrogen and oxygen atoms in total.